The van der Waals surface area contributed by atoms with E-state index in [1.54, 1.807) is 11.8 Å². The van der Waals surface area contributed by atoms with E-state index < -0.39 is 11.5 Å². The molecule has 0 radical (unpaired) electrons. The Morgan fingerprint density at radius 1 is 1.44 bits per heavy atom. The number of carbonyl (C=O) groups is 2. The predicted octanol–water partition coefficient (Wildman–Crippen LogP) is 1.64. The number of hydrogen-bond donors (Lipinski definition) is 2. The second kappa shape index (κ2) is 5.57. The Labute approximate surface area is 100 Å². The van der Waals surface area contributed by atoms with Gasteiger partial charge in [0.2, 0.25) is 5.91 Å². The standard InChI is InChI=1S/C11H19NO3S/c1-8(16-2)7-9(13)12-11(10(14)15)5-3-4-6-11/h8H,3-7H2,1-2H3,(H,12,13)(H,14,15). The molecule has 1 atom stereocenters. The van der Waals surface area contributed by atoms with Crippen LogP contribution in [0, 0.1) is 0 Å². The van der Waals surface area contributed by atoms with Crippen LogP contribution in [0.25, 0.3) is 0 Å². The van der Waals surface area contributed by atoms with Crippen LogP contribution in [0.5, 0.6) is 0 Å². The summed E-state index contributed by atoms with van der Waals surface area (Å²) in [7, 11) is 0. The van der Waals surface area contributed by atoms with E-state index in [-0.39, 0.29) is 11.2 Å². The summed E-state index contributed by atoms with van der Waals surface area (Å²) in [5, 5.41) is 12.1. The Hall–Kier alpha value is -0.710. The van der Waals surface area contributed by atoms with E-state index in [2.05, 4.69) is 5.32 Å². The fourth-order valence-corrected chi connectivity index (χ4v) is 2.35. The fourth-order valence-electron chi connectivity index (χ4n) is 2.03. The summed E-state index contributed by atoms with van der Waals surface area (Å²) >= 11 is 1.61. The number of nitrogens with one attached hydrogen (secondary N) is 1. The molecule has 5 heteroatoms. The van der Waals surface area contributed by atoms with E-state index in [1.807, 2.05) is 13.2 Å². The average molecular weight is 245 g/mol. The third kappa shape index (κ3) is 3.14. The summed E-state index contributed by atoms with van der Waals surface area (Å²) in [4.78, 5) is 22.9. The molecule has 0 bridgehead atoms. The summed E-state index contributed by atoms with van der Waals surface area (Å²) in [6.45, 7) is 1.96. The molecule has 0 aromatic rings. The van der Waals surface area contributed by atoms with Gasteiger partial charge in [-0.05, 0) is 19.1 Å². The van der Waals surface area contributed by atoms with Gasteiger partial charge in [-0.15, -0.1) is 0 Å². The number of aliphatic carboxylic acids is 1. The van der Waals surface area contributed by atoms with Gasteiger partial charge in [0, 0.05) is 11.7 Å². The Balaban J connectivity index is 2.56. The van der Waals surface area contributed by atoms with Crippen LogP contribution in [0.15, 0.2) is 0 Å². The average Bonchev–Trinajstić information content (AvgIpc) is 2.67. The Morgan fingerprint density at radius 3 is 2.44 bits per heavy atom. The smallest absolute Gasteiger partial charge is 0.329 e. The topological polar surface area (TPSA) is 66.4 Å². The maximum absolute atomic E-state index is 11.7. The van der Waals surface area contributed by atoms with Crippen LogP contribution >= 0.6 is 11.8 Å². The lowest BCUT2D eigenvalue weighted by Crippen LogP contribution is -2.52. The van der Waals surface area contributed by atoms with E-state index >= 15 is 0 Å². The fraction of sp³-hybridized carbons (Fsp3) is 0.818. The molecule has 1 aliphatic rings. The summed E-state index contributed by atoms with van der Waals surface area (Å²) < 4.78 is 0. The normalized spacial score (nSPS) is 20.4. The molecular formula is C11H19NO3S. The first-order valence-corrected chi connectivity index (χ1v) is 6.86. The molecule has 1 saturated carbocycles. The van der Waals surface area contributed by atoms with Crippen LogP contribution in [0.4, 0.5) is 0 Å². The monoisotopic (exact) mass is 245 g/mol. The molecule has 16 heavy (non-hydrogen) atoms. The van der Waals surface area contributed by atoms with Crippen molar-refractivity contribution in [3.8, 4) is 0 Å². The van der Waals surface area contributed by atoms with Crippen LogP contribution in [-0.4, -0.2) is 34.0 Å². The largest absolute Gasteiger partial charge is 0.480 e. The van der Waals surface area contributed by atoms with Gasteiger partial charge in [0.15, 0.2) is 0 Å². The highest BCUT2D eigenvalue weighted by Crippen LogP contribution is 2.30. The molecule has 1 amide bonds. The molecule has 1 fully saturated rings. The first kappa shape index (κ1) is 13.4. The van der Waals surface area contributed by atoms with Crippen LogP contribution in [0.3, 0.4) is 0 Å². The van der Waals surface area contributed by atoms with Gasteiger partial charge in [0.1, 0.15) is 5.54 Å². The van der Waals surface area contributed by atoms with Gasteiger partial charge in [-0.25, -0.2) is 4.79 Å². The van der Waals surface area contributed by atoms with Crippen molar-refractivity contribution in [3.63, 3.8) is 0 Å². The van der Waals surface area contributed by atoms with Crippen molar-refractivity contribution in [2.45, 2.75) is 49.8 Å². The van der Waals surface area contributed by atoms with Crippen LogP contribution in [-0.2, 0) is 9.59 Å². The molecule has 92 valence electrons. The highest BCUT2D eigenvalue weighted by atomic mass is 32.2. The van der Waals surface area contributed by atoms with Gasteiger partial charge in [-0.1, -0.05) is 19.8 Å². The minimum atomic E-state index is -0.991. The first-order chi connectivity index (χ1) is 7.50. The molecule has 0 saturated heterocycles. The Morgan fingerprint density at radius 2 is 2.00 bits per heavy atom. The van der Waals surface area contributed by atoms with Gasteiger partial charge in [0.05, 0.1) is 0 Å². The van der Waals surface area contributed by atoms with Crippen molar-refractivity contribution in [1.29, 1.82) is 0 Å². The van der Waals surface area contributed by atoms with Gasteiger partial charge in [-0.3, -0.25) is 4.79 Å². The Kier molecular flexibility index (Phi) is 4.65. The molecule has 0 aliphatic heterocycles. The van der Waals surface area contributed by atoms with Crippen molar-refractivity contribution < 1.29 is 14.7 Å². The molecule has 1 aliphatic carbocycles. The van der Waals surface area contributed by atoms with E-state index in [1.165, 1.54) is 0 Å². The van der Waals surface area contributed by atoms with Crippen molar-refractivity contribution in [1.82, 2.24) is 5.32 Å². The maximum atomic E-state index is 11.7. The number of amides is 1. The van der Waals surface area contributed by atoms with E-state index in [0.717, 1.165) is 12.8 Å². The molecule has 0 heterocycles. The van der Waals surface area contributed by atoms with Gasteiger partial charge in [-0.2, -0.15) is 11.8 Å². The second-order valence-electron chi connectivity index (χ2n) is 4.39. The quantitative estimate of drug-likeness (QED) is 0.772. The predicted molar refractivity (Wildman–Crippen MR) is 64.6 cm³/mol. The van der Waals surface area contributed by atoms with Crippen molar-refractivity contribution in [2.24, 2.45) is 0 Å². The highest BCUT2D eigenvalue weighted by Gasteiger charge is 2.42. The van der Waals surface area contributed by atoms with Crippen LogP contribution < -0.4 is 5.32 Å². The van der Waals surface area contributed by atoms with E-state index in [9.17, 15) is 14.7 Å². The maximum Gasteiger partial charge on any atom is 0.329 e. The minimum Gasteiger partial charge on any atom is -0.480 e. The summed E-state index contributed by atoms with van der Waals surface area (Å²) in [6, 6.07) is 0. The van der Waals surface area contributed by atoms with Gasteiger partial charge >= 0.3 is 5.97 Å². The molecule has 2 N–H and O–H groups in total. The number of hydrogen-bond acceptors (Lipinski definition) is 3. The zero-order valence-electron chi connectivity index (χ0n) is 9.78. The molecule has 4 nitrogen and oxygen atoms in total. The third-order valence-electron chi connectivity index (χ3n) is 3.12. The van der Waals surface area contributed by atoms with Crippen molar-refractivity contribution >= 4 is 23.6 Å². The van der Waals surface area contributed by atoms with Gasteiger partial charge < -0.3 is 10.4 Å². The third-order valence-corrected chi connectivity index (χ3v) is 4.09. The molecule has 0 aromatic heterocycles. The first-order valence-electron chi connectivity index (χ1n) is 5.57. The minimum absolute atomic E-state index is 0.147. The number of carboxylic acids is 1. The lowest BCUT2D eigenvalue weighted by atomic mass is 9.97. The van der Waals surface area contributed by atoms with E-state index in [0.29, 0.717) is 19.3 Å². The number of carbonyl (C=O) groups excluding carboxylic acids is 1. The van der Waals surface area contributed by atoms with Crippen LogP contribution in [0.2, 0.25) is 0 Å². The molecule has 0 spiro atoms. The van der Waals surface area contributed by atoms with Crippen LogP contribution in [0.1, 0.15) is 39.0 Å². The molecule has 0 aromatic carbocycles. The lowest BCUT2D eigenvalue weighted by Gasteiger charge is -2.25. The number of carboxylic acid groups (broad SMARTS) is 1. The van der Waals surface area contributed by atoms with Crippen molar-refractivity contribution in [3.05, 3.63) is 0 Å². The summed E-state index contributed by atoms with van der Waals surface area (Å²) in [6.07, 6.45) is 5.20. The van der Waals surface area contributed by atoms with Gasteiger partial charge in [0.25, 0.3) is 0 Å². The zero-order chi connectivity index (χ0) is 12.2. The Bertz CT molecular complexity index is 274. The summed E-state index contributed by atoms with van der Waals surface area (Å²) in [5.41, 5.74) is -0.991. The molecular weight excluding hydrogens is 226 g/mol. The highest BCUT2D eigenvalue weighted by molar-refractivity contribution is 7.99. The second-order valence-corrected chi connectivity index (χ2v) is 5.67. The SMILES string of the molecule is CSC(C)CC(=O)NC1(C(=O)O)CCCC1. The lowest BCUT2D eigenvalue weighted by molar-refractivity contribution is -0.147. The number of rotatable bonds is 5. The molecule has 1 rings (SSSR count). The molecule has 1 unspecified atom stereocenters. The van der Waals surface area contributed by atoms with E-state index in [4.69, 9.17) is 0 Å². The summed E-state index contributed by atoms with van der Waals surface area (Å²) in [5.74, 6) is -1.04. The van der Waals surface area contributed by atoms with Crippen molar-refractivity contribution in [2.75, 3.05) is 6.26 Å². The zero-order valence-corrected chi connectivity index (χ0v) is 10.6. The number of thioether (sulfide) groups is 1.